The number of nitrogens with one attached hydrogen (secondary N) is 3. The number of hydrogen-bond donors (Lipinski definition) is 3. The molecule has 1 heterocycles. The van der Waals surface area contributed by atoms with Crippen molar-refractivity contribution in [3.8, 4) is 5.88 Å². The first kappa shape index (κ1) is 22.9. The van der Waals surface area contributed by atoms with Crippen LogP contribution in [0, 0.1) is 5.82 Å². The highest BCUT2D eigenvalue weighted by Gasteiger charge is 2.28. The highest BCUT2D eigenvalue weighted by atomic mass is 19.4. The van der Waals surface area contributed by atoms with Crippen LogP contribution >= 0.6 is 0 Å². The molecular formula is C19H20F4N4O3. The molecule has 1 aromatic carbocycles. The van der Waals surface area contributed by atoms with Crippen LogP contribution in [0.4, 0.5) is 22.4 Å². The molecule has 0 bridgehead atoms. The van der Waals surface area contributed by atoms with E-state index in [1.807, 2.05) is 0 Å². The van der Waals surface area contributed by atoms with Gasteiger partial charge in [0.05, 0.1) is 6.42 Å². The quantitative estimate of drug-likeness (QED) is 0.422. The second-order valence-corrected chi connectivity index (χ2v) is 6.17. The number of ether oxygens (including phenoxy) is 1. The average molecular weight is 428 g/mol. The van der Waals surface area contributed by atoms with Crippen molar-refractivity contribution in [2.45, 2.75) is 19.1 Å². The molecule has 3 amide bonds. The van der Waals surface area contributed by atoms with Crippen LogP contribution in [0.1, 0.15) is 11.1 Å². The molecule has 0 spiro atoms. The zero-order chi connectivity index (χ0) is 22.0. The smallest absolute Gasteiger partial charge is 0.422 e. The van der Waals surface area contributed by atoms with Gasteiger partial charge in [-0.15, -0.1) is 0 Å². The van der Waals surface area contributed by atoms with Crippen LogP contribution in [0.2, 0.25) is 0 Å². The van der Waals surface area contributed by atoms with Crippen LogP contribution in [0.5, 0.6) is 5.88 Å². The molecule has 0 aliphatic carbocycles. The molecule has 0 atom stereocenters. The Hall–Kier alpha value is -3.37. The highest BCUT2D eigenvalue weighted by molar-refractivity contribution is 5.78. The van der Waals surface area contributed by atoms with Gasteiger partial charge >= 0.3 is 12.2 Å². The van der Waals surface area contributed by atoms with Crippen molar-refractivity contribution in [3.63, 3.8) is 0 Å². The topological polar surface area (TPSA) is 92.4 Å². The van der Waals surface area contributed by atoms with E-state index in [2.05, 4.69) is 25.7 Å². The Balaban J connectivity index is 1.63. The first-order chi connectivity index (χ1) is 14.2. The van der Waals surface area contributed by atoms with Gasteiger partial charge in [0.25, 0.3) is 0 Å². The summed E-state index contributed by atoms with van der Waals surface area (Å²) in [5.74, 6) is -0.939. The van der Waals surface area contributed by atoms with Gasteiger partial charge in [0.2, 0.25) is 11.8 Å². The van der Waals surface area contributed by atoms with Gasteiger partial charge in [0, 0.05) is 31.9 Å². The van der Waals surface area contributed by atoms with E-state index >= 15 is 0 Å². The van der Waals surface area contributed by atoms with Gasteiger partial charge < -0.3 is 20.7 Å². The number of alkyl halides is 3. The SMILES string of the molecule is O=C(Cc1cccc(F)c1)NCCNC(=O)NCc1ccnc(OCC(F)(F)F)c1. The predicted octanol–water partition coefficient (Wildman–Crippen LogP) is 2.32. The Morgan fingerprint density at radius 3 is 2.50 bits per heavy atom. The van der Waals surface area contributed by atoms with E-state index in [-0.39, 0.29) is 37.8 Å². The number of pyridine rings is 1. The number of carbonyl (C=O) groups is 2. The van der Waals surface area contributed by atoms with Crippen LogP contribution in [-0.2, 0) is 17.8 Å². The van der Waals surface area contributed by atoms with E-state index < -0.39 is 24.6 Å². The fourth-order valence-electron chi connectivity index (χ4n) is 2.31. The fraction of sp³-hybridized carbons (Fsp3) is 0.316. The largest absolute Gasteiger partial charge is 0.468 e. The second kappa shape index (κ2) is 11.0. The van der Waals surface area contributed by atoms with Gasteiger partial charge in [-0.05, 0) is 29.3 Å². The molecule has 0 radical (unpaired) electrons. The molecule has 1 aromatic heterocycles. The van der Waals surface area contributed by atoms with Crippen molar-refractivity contribution < 1.29 is 31.9 Å². The predicted molar refractivity (Wildman–Crippen MR) is 99.1 cm³/mol. The van der Waals surface area contributed by atoms with Crippen molar-refractivity contribution in [3.05, 3.63) is 59.5 Å². The van der Waals surface area contributed by atoms with Gasteiger partial charge in [-0.2, -0.15) is 13.2 Å². The van der Waals surface area contributed by atoms with Gasteiger partial charge in [-0.25, -0.2) is 14.2 Å². The van der Waals surface area contributed by atoms with Crippen molar-refractivity contribution >= 4 is 11.9 Å². The molecule has 3 N–H and O–H groups in total. The lowest BCUT2D eigenvalue weighted by molar-refractivity contribution is -0.154. The summed E-state index contributed by atoms with van der Waals surface area (Å²) in [6, 6.07) is 7.98. The van der Waals surface area contributed by atoms with Crippen LogP contribution in [0.15, 0.2) is 42.6 Å². The van der Waals surface area contributed by atoms with Crippen molar-refractivity contribution in [1.29, 1.82) is 0 Å². The summed E-state index contributed by atoms with van der Waals surface area (Å²) in [4.78, 5) is 27.2. The van der Waals surface area contributed by atoms with Gasteiger partial charge in [0.1, 0.15) is 5.82 Å². The molecule has 0 aliphatic heterocycles. The lowest BCUT2D eigenvalue weighted by Gasteiger charge is -2.11. The maximum Gasteiger partial charge on any atom is 0.422 e. The minimum absolute atomic E-state index is 0.0186. The van der Waals surface area contributed by atoms with Gasteiger partial charge in [0.15, 0.2) is 6.61 Å². The van der Waals surface area contributed by atoms with E-state index in [1.165, 1.54) is 36.5 Å². The Morgan fingerprint density at radius 1 is 1.00 bits per heavy atom. The third-order valence-corrected chi connectivity index (χ3v) is 3.62. The third-order valence-electron chi connectivity index (χ3n) is 3.62. The third kappa shape index (κ3) is 9.22. The first-order valence-corrected chi connectivity index (χ1v) is 8.88. The monoisotopic (exact) mass is 428 g/mol. The number of benzene rings is 1. The van der Waals surface area contributed by atoms with Crippen LogP contribution < -0.4 is 20.7 Å². The summed E-state index contributed by atoms with van der Waals surface area (Å²) in [7, 11) is 0. The van der Waals surface area contributed by atoms with E-state index in [0.717, 1.165) is 0 Å². The zero-order valence-corrected chi connectivity index (χ0v) is 15.8. The Morgan fingerprint density at radius 2 is 1.77 bits per heavy atom. The molecular weight excluding hydrogens is 408 g/mol. The summed E-state index contributed by atoms with van der Waals surface area (Å²) in [6.45, 7) is -1.09. The number of rotatable bonds is 9. The first-order valence-electron chi connectivity index (χ1n) is 8.88. The van der Waals surface area contributed by atoms with Crippen molar-refractivity contribution in [1.82, 2.24) is 20.9 Å². The summed E-state index contributed by atoms with van der Waals surface area (Å²) >= 11 is 0. The average Bonchev–Trinajstić information content (AvgIpc) is 2.68. The summed E-state index contributed by atoms with van der Waals surface area (Å²) in [6.07, 6.45) is -3.18. The summed E-state index contributed by atoms with van der Waals surface area (Å²) < 4.78 is 54.1. The molecule has 2 aromatic rings. The summed E-state index contributed by atoms with van der Waals surface area (Å²) in [5, 5.41) is 7.64. The highest BCUT2D eigenvalue weighted by Crippen LogP contribution is 2.17. The minimum atomic E-state index is -4.47. The standard InChI is InChI=1S/C19H20F4N4O3/c20-15-3-1-2-13(8-15)9-16(28)24-6-7-26-18(29)27-11-14-4-5-25-17(10-14)30-12-19(21,22)23/h1-5,8,10H,6-7,9,11-12H2,(H,24,28)(H2,26,27,29). The minimum Gasteiger partial charge on any atom is -0.468 e. The molecule has 7 nitrogen and oxygen atoms in total. The molecule has 30 heavy (non-hydrogen) atoms. The van der Waals surface area contributed by atoms with E-state index in [4.69, 9.17) is 0 Å². The Bertz CT molecular complexity index is 862. The molecule has 0 fully saturated rings. The molecule has 0 saturated heterocycles. The number of urea groups is 1. The number of halogens is 4. The zero-order valence-electron chi connectivity index (χ0n) is 15.8. The lowest BCUT2D eigenvalue weighted by Crippen LogP contribution is -2.40. The van der Waals surface area contributed by atoms with Crippen molar-refractivity contribution in [2.24, 2.45) is 0 Å². The van der Waals surface area contributed by atoms with Crippen LogP contribution in [-0.4, -0.2) is 42.8 Å². The van der Waals surface area contributed by atoms with E-state index in [0.29, 0.717) is 11.1 Å². The molecule has 0 saturated carbocycles. The van der Waals surface area contributed by atoms with E-state index in [9.17, 15) is 27.2 Å². The molecule has 162 valence electrons. The second-order valence-electron chi connectivity index (χ2n) is 6.17. The number of nitrogens with zero attached hydrogens (tertiary/aromatic N) is 1. The molecule has 2 rings (SSSR count). The fourth-order valence-corrected chi connectivity index (χ4v) is 2.31. The number of carbonyl (C=O) groups excluding carboxylic acids is 2. The van der Waals surface area contributed by atoms with E-state index in [1.54, 1.807) is 6.07 Å². The van der Waals surface area contributed by atoms with Crippen molar-refractivity contribution in [2.75, 3.05) is 19.7 Å². The van der Waals surface area contributed by atoms with Gasteiger partial charge in [-0.1, -0.05) is 12.1 Å². The Labute approximate surface area is 169 Å². The van der Waals surface area contributed by atoms with Crippen LogP contribution in [0.3, 0.4) is 0 Å². The molecule has 0 aliphatic rings. The van der Waals surface area contributed by atoms with Crippen LogP contribution in [0.25, 0.3) is 0 Å². The Kier molecular flexibility index (Phi) is 8.39. The molecule has 11 heteroatoms. The maximum atomic E-state index is 13.1. The number of hydrogen-bond acceptors (Lipinski definition) is 4. The number of aromatic nitrogens is 1. The molecule has 0 unspecified atom stereocenters. The normalized spacial score (nSPS) is 10.9. The number of amides is 3. The summed E-state index contributed by atoms with van der Waals surface area (Å²) in [5.41, 5.74) is 1.04. The van der Waals surface area contributed by atoms with Gasteiger partial charge in [-0.3, -0.25) is 4.79 Å². The maximum absolute atomic E-state index is 13.1. The lowest BCUT2D eigenvalue weighted by atomic mass is 10.1.